The summed E-state index contributed by atoms with van der Waals surface area (Å²) in [7, 11) is -4.26. The van der Waals surface area contributed by atoms with E-state index in [1.54, 1.807) is 30.3 Å². The highest BCUT2D eigenvalue weighted by molar-refractivity contribution is 7.85. The molecule has 0 amide bonds. The van der Waals surface area contributed by atoms with Crippen LogP contribution in [0.1, 0.15) is 0 Å². The highest BCUT2D eigenvalue weighted by atomic mass is 32.2. The fraction of sp³-hybridized carbons (Fsp3) is 0. The Hall–Kier alpha value is -2.77. The van der Waals surface area contributed by atoms with E-state index in [-0.39, 0.29) is 4.90 Å². The molecule has 0 aromatic heterocycles. The van der Waals surface area contributed by atoms with Crippen molar-refractivity contribution in [3.8, 4) is 0 Å². The summed E-state index contributed by atoms with van der Waals surface area (Å²) in [5.41, 5.74) is 7.51. The molecule has 0 saturated carbocycles. The third-order valence-electron chi connectivity index (χ3n) is 3.31. The number of nitrogen functional groups attached to an aromatic ring is 1. The first-order valence-electron chi connectivity index (χ1n) is 6.72. The lowest BCUT2D eigenvalue weighted by Crippen LogP contribution is -1.97. The minimum atomic E-state index is -4.26. The quantitative estimate of drug-likeness (QED) is 0.429. The standard InChI is InChI=1S/C16H13N3O3S/c17-15-9-6-11-10-13(23(20,21)22)7-8-14(11)16(15)19-18-12-4-2-1-3-5-12/h1-10H,17H2,(H,20,21,22)/b19-18+. The van der Waals surface area contributed by atoms with Crippen molar-refractivity contribution >= 4 is 38.0 Å². The zero-order valence-corrected chi connectivity index (χ0v) is 12.7. The Labute approximate surface area is 133 Å². The second-order valence-corrected chi connectivity index (χ2v) is 6.32. The lowest BCUT2D eigenvalue weighted by molar-refractivity contribution is 0.483. The zero-order chi connectivity index (χ0) is 16.4. The Morgan fingerprint density at radius 3 is 2.35 bits per heavy atom. The molecule has 0 aliphatic rings. The van der Waals surface area contributed by atoms with Gasteiger partial charge in [-0.05, 0) is 35.7 Å². The van der Waals surface area contributed by atoms with Crippen LogP contribution in [0.2, 0.25) is 0 Å². The van der Waals surface area contributed by atoms with Crippen LogP contribution in [0.25, 0.3) is 10.8 Å². The number of azo groups is 1. The molecule has 3 rings (SSSR count). The molecule has 0 aliphatic heterocycles. The Morgan fingerprint density at radius 2 is 1.65 bits per heavy atom. The van der Waals surface area contributed by atoms with Gasteiger partial charge in [-0.3, -0.25) is 4.55 Å². The van der Waals surface area contributed by atoms with E-state index in [1.165, 1.54) is 12.1 Å². The van der Waals surface area contributed by atoms with Crippen LogP contribution < -0.4 is 5.73 Å². The maximum Gasteiger partial charge on any atom is 0.294 e. The van der Waals surface area contributed by atoms with Crippen molar-refractivity contribution in [2.45, 2.75) is 4.90 Å². The monoisotopic (exact) mass is 327 g/mol. The molecule has 3 aromatic rings. The summed E-state index contributed by atoms with van der Waals surface area (Å²) < 4.78 is 31.6. The average Bonchev–Trinajstić information content (AvgIpc) is 2.53. The molecule has 0 heterocycles. The van der Waals surface area contributed by atoms with Crippen LogP contribution in [0.3, 0.4) is 0 Å². The fourth-order valence-electron chi connectivity index (χ4n) is 2.18. The Bertz CT molecular complexity index is 1000. The van der Waals surface area contributed by atoms with Gasteiger partial charge in [-0.25, -0.2) is 0 Å². The SMILES string of the molecule is Nc1ccc2cc(S(=O)(=O)O)ccc2c1/N=N/c1ccccc1. The first-order valence-corrected chi connectivity index (χ1v) is 8.16. The lowest BCUT2D eigenvalue weighted by Gasteiger charge is -2.06. The van der Waals surface area contributed by atoms with E-state index in [9.17, 15) is 8.42 Å². The van der Waals surface area contributed by atoms with Gasteiger partial charge in [-0.1, -0.05) is 30.3 Å². The number of benzene rings is 3. The van der Waals surface area contributed by atoms with Crippen LogP contribution in [0.5, 0.6) is 0 Å². The predicted octanol–water partition coefficient (Wildman–Crippen LogP) is 4.08. The number of nitrogens with zero attached hydrogens (tertiary/aromatic N) is 2. The van der Waals surface area contributed by atoms with E-state index < -0.39 is 10.1 Å². The highest BCUT2D eigenvalue weighted by Crippen LogP contribution is 2.34. The van der Waals surface area contributed by atoms with E-state index in [0.29, 0.717) is 27.8 Å². The van der Waals surface area contributed by atoms with Crippen molar-refractivity contribution in [2.24, 2.45) is 10.2 Å². The van der Waals surface area contributed by atoms with Crippen molar-refractivity contribution < 1.29 is 13.0 Å². The number of fused-ring (bicyclic) bond motifs is 1. The number of hydrogen-bond acceptors (Lipinski definition) is 5. The van der Waals surface area contributed by atoms with E-state index in [4.69, 9.17) is 10.3 Å². The van der Waals surface area contributed by atoms with Crippen molar-refractivity contribution in [1.82, 2.24) is 0 Å². The molecule has 3 aromatic carbocycles. The summed E-state index contributed by atoms with van der Waals surface area (Å²) in [5, 5.41) is 9.56. The van der Waals surface area contributed by atoms with Gasteiger partial charge in [-0.2, -0.15) is 13.5 Å². The molecule has 0 bridgehead atoms. The van der Waals surface area contributed by atoms with Gasteiger partial charge in [0, 0.05) is 5.39 Å². The normalized spacial score (nSPS) is 12.0. The third-order valence-corrected chi connectivity index (χ3v) is 4.16. The van der Waals surface area contributed by atoms with Crippen LogP contribution in [0.4, 0.5) is 17.1 Å². The highest BCUT2D eigenvalue weighted by Gasteiger charge is 2.12. The molecule has 116 valence electrons. The molecule has 0 aliphatic carbocycles. The minimum absolute atomic E-state index is 0.180. The minimum Gasteiger partial charge on any atom is -0.397 e. The number of rotatable bonds is 3. The first kappa shape index (κ1) is 15.1. The molecule has 0 saturated heterocycles. The van der Waals surface area contributed by atoms with Crippen molar-refractivity contribution in [1.29, 1.82) is 0 Å². The summed E-state index contributed by atoms with van der Waals surface area (Å²) in [6.07, 6.45) is 0. The van der Waals surface area contributed by atoms with E-state index in [1.807, 2.05) is 18.2 Å². The average molecular weight is 327 g/mol. The molecule has 0 fully saturated rings. The van der Waals surface area contributed by atoms with Gasteiger partial charge < -0.3 is 5.73 Å². The largest absolute Gasteiger partial charge is 0.397 e. The Kier molecular flexibility index (Phi) is 3.81. The second-order valence-electron chi connectivity index (χ2n) is 4.90. The molecular weight excluding hydrogens is 314 g/mol. The lowest BCUT2D eigenvalue weighted by atomic mass is 10.1. The summed E-state index contributed by atoms with van der Waals surface area (Å²) in [6, 6.07) is 16.7. The Morgan fingerprint density at radius 1 is 0.913 bits per heavy atom. The zero-order valence-electron chi connectivity index (χ0n) is 11.9. The summed E-state index contributed by atoms with van der Waals surface area (Å²) >= 11 is 0. The van der Waals surface area contributed by atoms with Gasteiger partial charge in [0.15, 0.2) is 0 Å². The second kappa shape index (κ2) is 5.79. The van der Waals surface area contributed by atoms with Crippen LogP contribution >= 0.6 is 0 Å². The van der Waals surface area contributed by atoms with Gasteiger partial charge in [-0.15, -0.1) is 5.11 Å². The van der Waals surface area contributed by atoms with E-state index >= 15 is 0 Å². The first-order chi connectivity index (χ1) is 10.9. The van der Waals surface area contributed by atoms with Crippen LogP contribution in [-0.4, -0.2) is 13.0 Å². The van der Waals surface area contributed by atoms with Crippen LogP contribution in [-0.2, 0) is 10.1 Å². The topological polar surface area (TPSA) is 105 Å². The van der Waals surface area contributed by atoms with Gasteiger partial charge in [0.1, 0.15) is 5.69 Å². The summed E-state index contributed by atoms with van der Waals surface area (Å²) in [4.78, 5) is -0.180. The molecule has 0 spiro atoms. The van der Waals surface area contributed by atoms with Crippen molar-refractivity contribution in [2.75, 3.05) is 5.73 Å². The fourth-order valence-corrected chi connectivity index (χ4v) is 2.70. The molecular formula is C16H13N3O3S. The Balaban J connectivity index is 2.13. The summed E-state index contributed by atoms with van der Waals surface area (Å²) in [6.45, 7) is 0. The maximum absolute atomic E-state index is 11.2. The van der Waals surface area contributed by atoms with Crippen molar-refractivity contribution in [3.05, 3.63) is 60.7 Å². The molecule has 7 heteroatoms. The number of nitrogens with two attached hydrogens (primary N) is 1. The van der Waals surface area contributed by atoms with E-state index in [0.717, 1.165) is 0 Å². The number of hydrogen-bond donors (Lipinski definition) is 2. The molecule has 6 nitrogen and oxygen atoms in total. The smallest absolute Gasteiger partial charge is 0.294 e. The maximum atomic E-state index is 11.2. The molecule has 0 radical (unpaired) electrons. The van der Waals surface area contributed by atoms with Gasteiger partial charge >= 0.3 is 0 Å². The van der Waals surface area contributed by atoms with Crippen molar-refractivity contribution in [3.63, 3.8) is 0 Å². The third kappa shape index (κ3) is 3.20. The molecule has 0 atom stereocenters. The van der Waals surface area contributed by atoms with Gasteiger partial charge in [0.05, 0.1) is 16.3 Å². The van der Waals surface area contributed by atoms with Crippen LogP contribution in [0.15, 0.2) is 75.8 Å². The molecule has 3 N–H and O–H groups in total. The van der Waals surface area contributed by atoms with E-state index in [2.05, 4.69) is 10.2 Å². The summed E-state index contributed by atoms with van der Waals surface area (Å²) in [5.74, 6) is 0. The predicted molar refractivity (Wildman–Crippen MR) is 88.8 cm³/mol. The van der Waals surface area contributed by atoms with Gasteiger partial charge in [0.25, 0.3) is 10.1 Å². The molecule has 0 unspecified atom stereocenters. The van der Waals surface area contributed by atoms with Crippen LogP contribution in [0, 0.1) is 0 Å². The van der Waals surface area contributed by atoms with Gasteiger partial charge in [0.2, 0.25) is 0 Å². The molecule has 23 heavy (non-hydrogen) atoms. The number of anilines is 1.